The predicted octanol–water partition coefficient (Wildman–Crippen LogP) is 2.55. The van der Waals surface area contributed by atoms with Crippen molar-refractivity contribution in [3.05, 3.63) is 34.8 Å². The molecular weight excluding hydrogens is 256 g/mol. The smallest absolute Gasteiger partial charge is 0.220 e. The molecule has 2 aromatic heterocycles. The second kappa shape index (κ2) is 4.10. The lowest BCUT2D eigenvalue weighted by atomic mass is 10.1. The highest BCUT2D eigenvalue weighted by Crippen LogP contribution is 2.16. The minimum absolute atomic E-state index is 0.398. The Bertz CT molecular complexity index is 464. The first-order valence-electron chi connectivity index (χ1n) is 4.71. The van der Waals surface area contributed by atoms with E-state index in [-0.39, 0.29) is 0 Å². The van der Waals surface area contributed by atoms with E-state index in [0.717, 1.165) is 10.3 Å². The van der Waals surface area contributed by atoms with Crippen LogP contribution >= 0.6 is 15.9 Å². The summed E-state index contributed by atoms with van der Waals surface area (Å²) in [5, 5.41) is 4.22. The number of halogens is 1. The SMILES string of the molecule is CC(C)c1ccnn1-c1nccc(Br)n1. The summed E-state index contributed by atoms with van der Waals surface area (Å²) in [6.45, 7) is 4.23. The Hall–Kier alpha value is -1.23. The molecule has 2 heterocycles. The molecule has 5 heteroatoms. The van der Waals surface area contributed by atoms with Gasteiger partial charge in [-0.1, -0.05) is 13.8 Å². The molecule has 2 rings (SSSR count). The first kappa shape index (κ1) is 10.3. The summed E-state index contributed by atoms with van der Waals surface area (Å²) >= 11 is 3.32. The van der Waals surface area contributed by atoms with Gasteiger partial charge in [-0.05, 0) is 34.0 Å². The van der Waals surface area contributed by atoms with Crippen LogP contribution in [0.15, 0.2) is 29.1 Å². The molecule has 0 amide bonds. The first-order chi connectivity index (χ1) is 7.18. The van der Waals surface area contributed by atoms with Gasteiger partial charge < -0.3 is 0 Å². The van der Waals surface area contributed by atoms with Gasteiger partial charge in [-0.15, -0.1) is 0 Å². The monoisotopic (exact) mass is 266 g/mol. The first-order valence-corrected chi connectivity index (χ1v) is 5.50. The van der Waals surface area contributed by atoms with Crippen molar-refractivity contribution in [2.75, 3.05) is 0 Å². The highest BCUT2D eigenvalue weighted by atomic mass is 79.9. The van der Waals surface area contributed by atoms with Gasteiger partial charge in [0, 0.05) is 12.4 Å². The van der Waals surface area contributed by atoms with Gasteiger partial charge in [0.1, 0.15) is 4.60 Å². The summed E-state index contributed by atoms with van der Waals surface area (Å²) in [5.74, 6) is 0.994. The maximum atomic E-state index is 4.26. The molecule has 4 nitrogen and oxygen atoms in total. The van der Waals surface area contributed by atoms with E-state index in [1.54, 1.807) is 23.1 Å². The number of hydrogen-bond donors (Lipinski definition) is 0. The Morgan fingerprint density at radius 2 is 2.07 bits per heavy atom. The lowest BCUT2D eigenvalue weighted by Crippen LogP contribution is -2.07. The molecule has 0 saturated carbocycles. The molecule has 78 valence electrons. The predicted molar refractivity (Wildman–Crippen MR) is 60.9 cm³/mol. The molecule has 0 fully saturated rings. The fraction of sp³-hybridized carbons (Fsp3) is 0.300. The van der Waals surface area contributed by atoms with E-state index in [9.17, 15) is 0 Å². The van der Waals surface area contributed by atoms with Crippen LogP contribution in [0.2, 0.25) is 0 Å². The average molecular weight is 267 g/mol. The van der Waals surface area contributed by atoms with Crippen molar-refractivity contribution in [1.29, 1.82) is 0 Å². The molecule has 15 heavy (non-hydrogen) atoms. The Morgan fingerprint density at radius 3 is 2.73 bits per heavy atom. The van der Waals surface area contributed by atoms with Crippen molar-refractivity contribution < 1.29 is 0 Å². The minimum atomic E-state index is 0.398. The summed E-state index contributed by atoms with van der Waals surface area (Å²) in [5.41, 5.74) is 1.10. The second-order valence-electron chi connectivity index (χ2n) is 3.50. The maximum Gasteiger partial charge on any atom is 0.251 e. The van der Waals surface area contributed by atoms with Gasteiger partial charge >= 0.3 is 0 Å². The van der Waals surface area contributed by atoms with Crippen LogP contribution in [0.4, 0.5) is 0 Å². The van der Waals surface area contributed by atoms with Crippen LogP contribution in [0.3, 0.4) is 0 Å². The fourth-order valence-corrected chi connectivity index (χ4v) is 1.62. The van der Waals surface area contributed by atoms with E-state index in [2.05, 4.69) is 44.8 Å². The summed E-state index contributed by atoms with van der Waals surface area (Å²) in [6.07, 6.45) is 3.47. The quantitative estimate of drug-likeness (QED) is 0.785. The summed E-state index contributed by atoms with van der Waals surface area (Å²) < 4.78 is 2.52. The van der Waals surface area contributed by atoms with Crippen LogP contribution in [-0.2, 0) is 0 Å². The van der Waals surface area contributed by atoms with Gasteiger partial charge in [-0.3, -0.25) is 0 Å². The molecule has 0 radical (unpaired) electrons. The molecule has 0 atom stereocenters. The Kier molecular flexibility index (Phi) is 2.81. The Morgan fingerprint density at radius 1 is 1.27 bits per heavy atom. The van der Waals surface area contributed by atoms with Gasteiger partial charge in [0.05, 0.1) is 5.69 Å². The molecule has 0 saturated heterocycles. The summed E-state index contributed by atoms with van der Waals surface area (Å²) in [6, 6.07) is 3.77. The van der Waals surface area contributed by atoms with Crippen LogP contribution in [0.1, 0.15) is 25.5 Å². The van der Waals surface area contributed by atoms with E-state index < -0.39 is 0 Å². The zero-order valence-electron chi connectivity index (χ0n) is 8.55. The zero-order valence-corrected chi connectivity index (χ0v) is 10.1. The zero-order chi connectivity index (χ0) is 10.8. The molecule has 0 aromatic carbocycles. The Balaban J connectivity index is 2.49. The third-order valence-corrected chi connectivity index (χ3v) is 2.50. The number of hydrogen-bond acceptors (Lipinski definition) is 3. The minimum Gasteiger partial charge on any atom is -0.220 e. The topological polar surface area (TPSA) is 43.6 Å². The standard InChI is InChI=1S/C10H11BrN4/c1-7(2)8-3-6-13-15(8)10-12-5-4-9(11)14-10/h3-7H,1-2H3. The normalized spacial score (nSPS) is 10.9. The lowest BCUT2D eigenvalue weighted by Gasteiger charge is -2.07. The average Bonchev–Trinajstić information content (AvgIpc) is 2.65. The lowest BCUT2D eigenvalue weighted by molar-refractivity contribution is 0.702. The van der Waals surface area contributed by atoms with Gasteiger partial charge in [-0.2, -0.15) is 5.10 Å². The van der Waals surface area contributed by atoms with Crippen LogP contribution in [0, 0.1) is 0 Å². The van der Waals surface area contributed by atoms with Crippen molar-refractivity contribution in [2.45, 2.75) is 19.8 Å². The van der Waals surface area contributed by atoms with E-state index in [4.69, 9.17) is 0 Å². The molecule has 0 aliphatic heterocycles. The van der Waals surface area contributed by atoms with Gasteiger partial charge in [0.25, 0.3) is 5.95 Å². The van der Waals surface area contributed by atoms with Crippen LogP contribution in [0.5, 0.6) is 0 Å². The molecule has 0 unspecified atom stereocenters. The van der Waals surface area contributed by atoms with Crippen molar-refractivity contribution in [1.82, 2.24) is 19.7 Å². The molecule has 0 aliphatic rings. The van der Waals surface area contributed by atoms with E-state index >= 15 is 0 Å². The number of nitrogens with zero attached hydrogens (tertiary/aromatic N) is 4. The van der Waals surface area contributed by atoms with Crippen molar-refractivity contribution >= 4 is 15.9 Å². The fourth-order valence-electron chi connectivity index (χ4n) is 1.35. The van der Waals surface area contributed by atoms with Gasteiger partial charge in [0.15, 0.2) is 0 Å². The highest BCUT2D eigenvalue weighted by molar-refractivity contribution is 9.10. The molecule has 0 aliphatic carbocycles. The molecule has 2 aromatic rings. The molecule has 0 spiro atoms. The second-order valence-corrected chi connectivity index (χ2v) is 4.31. The van der Waals surface area contributed by atoms with Gasteiger partial charge in [-0.25, -0.2) is 14.6 Å². The third-order valence-electron chi connectivity index (χ3n) is 2.06. The summed E-state index contributed by atoms with van der Waals surface area (Å²) in [7, 11) is 0. The van der Waals surface area contributed by atoms with Crippen LogP contribution in [0.25, 0.3) is 5.95 Å². The van der Waals surface area contributed by atoms with Crippen molar-refractivity contribution in [3.63, 3.8) is 0 Å². The molecule has 0 bridgehead atoms. The maximum absolute atomic E-state index is 4.26. The van der Waals surface area contributed by atoms with Crippen LogP contribution in [-0.4, -0.2) is 19.7 Å². The Labute approximate surface area is 96.5 Å². The summed E-state index contributed by atoms with van der Waals surface area (Å²) in [4.78, 5) is 8.45. The number of aromatic nitrogens is 4. The number of rotatable bonds is 2. The van der Waals surface area contributed by atoms with Gasteiger partial charge in [0.2, 0.25) is 0 Å². The molecular formula is C10H11BrN4. The van der Waals surface area contributed by atoms with E-state index in [1.807, 2.05) is 6.07 Å². The third kappa shape index (κ3) is 2.07. The van der Waals surface area contributed by atoms with Crippen molar-refractivity contribution in [3.8, 4) is 5.95 Å². The van der Waals surface area contributed by atoms with Crippen molar-refractivity contribution in [2.24, 2.45) is 0 Å². The highest BCUT2D eigenvalue weighted by Gasteiger charge is 2.10. The molecule has 0 N–H and O–H groups in total. The van der Waals surface area contributed by atoms with Crippen LogP contribution < -0.4 is 0 Å². The van der Waals surface area contributed by atoms with E-state index in [0.29, 0.717) is 11.9 Å². The van der Waals surface area contributed by atoms with E-state index in [1.165, 1.54) is 0 Å². The largest absolute Gasteiger partial charge is 0.251 e.